The molecule has 0 radical (unpaired) electrons. The van der Waals surface area contributed by atoms with Gasteiger partial charge in [0.25, 0.3) is 0 Å². The first kappa shape index (κ1) is 17.6. The lowest BCUT2D eigenvalue weighted by atomic mass is 10.1. The minimum absolute atomic E-state index is 0.0378. The van der Waals surface area contributed by atoms with Crippen LogP contribution in [0.25, 0.3) is 0 Å². The van der Waals surface area contributed by atoms with Gasteiger partial charge < -0.3 is 20.1 Å². The molecule has 1 atom stereocenters. The van der Waals surface area contributed by atoms with Crippen LogP contribution in [0.3, 0.4) is 0 Å². The molecular weight excluding hydrogens is 285 g/mol. The number of hydrogen-bond acceptors (Lipinski definition) is 4. The van der Waals surface area contributed by atoms with E-state index in [1.165, 1.54) is 6.07 Å². The number of alkyl halides is 3. The van der Waals surface area contributed by atoms with Gasteiger partial charge in [-0.1, -0.05) is 0 Å². The first-order chi connectivity index (χ1) is 9.81. The quantitative estimate of drug-likeness (QED) is 0.787. The molecule has 1 rings (SSSR count). The van der Waals surface area contributed by atoms with Crippen LogP contribution in [-0.4, -0.2) is 40.0 Å². The number of rotatable bonds is 7. The van der Waals surface area contributed by atoms with Gasteiger partial charge >= 0.3 is 6.18 Å². The fourth-order valence-corrected chi connectivity index (χ4v) is 2.09. The second-order valence-electron chi connectivity index (χ2n) is 4.76. The van der Waals surface area contributed by atoms with Gasteiger partial charge in [0, 0.05) is 26.8 Å². The lowest BCUT2D eigenvalue weighted by molar-refractivity contribution is -0.137. The average molecular weight is 306 g/mol. The minimum Gasteiger partial charge on any atom is -0.397 e. The molecule has 0 amide bonds. The lowest BCUT2D eigenvalue weighted by Crippen LogP contribution is -2.39. The van der Waals surface area contributed by atoms with Gasteiger partial charge in [0.05, 0.1) is 30.2 Å². The molecule has 1 unspecified atom stereocenters. The van der Waals surface area contributed by atoms with E-state index in [1.807, 2.05) is 11.8 Å². The highest BCUT2D eigenvalue weighted by Gasteiger charge is 2.31. The molecule has 1 aromatic carbocycles. The van der Waals surface area contributed by atoms with E-state index >= 15 is 0 Å². The zero-order valence-corrected chi connectivity index (χ0v) is 12.4. The van der Waals surface area contributed by atoms with E-state index in [1.54, 1.807) is 14.2 Å². The van der Waals surface area contributed by atoms with Crippen molar-refractivity contribution in [3.8, 4) is 0 Å². The zero-order chi connectivity index (χ0) is 16.0. The largest absolute Gasteiger partial charge is 0.416 e. The van der Waals surface area contributed by atoms with Crippen molar-refractivity contribution in [1.29, 1.82) is 0 Å². The Morgan fingerprint density at radius 3 is 2.38 bits per heavy atom. The summed E-state index contributed by atoms with van der Waals surface area (Å²) in [6.07, 6.45) is -4.40. The molecule has 120 valence electrons. The monoisotopic (exact) mass is 306 g/mol. The van der Waals surface area contributed by atoms with Crippen LogP contribution in [-0.2, 0) is 15.7 Å². The summed E-state index contributed by atoms with van der Waals surface area (Å²) in [6, 6.07) is 3.34. The van der Waals surface area contributed by atoms with Crippen LogP contribution < -0.4 is 10.6 Å². The number of nitrogen functional groups attached to an aromatic ring is 1. The van der Waals surface area contributed by atoms with Crippen LogP contribution >= 0.6 is 0 Å². The molecule has 0 bridgehead atoms. The summed E-state index contributed by atoms with van der Waals surface area (Å²) in [6.45, 7) is 3.30. The Morgan fingerprint density at radius 1 is 1.24 bits per heavy atom. The molecule has 0 saturated carbocycles. The van der Waals surface area contributed by atoms with E-state index in [0.717, 1.165) is 12.1 Å². The number of benzene rings is 1. The van der Waals surface area contributed by atoms with E-state index < -0.39 is 11.7 Å². The third-order valence-electron chi connectivity index (χ3n) is 3.14. The summed E-state index contributed by atoms with van der Waals surface area (Å²) in [4.78, 5) is 1.88. The molecule has 4 nitrogen and oxygen atoms in total. The summed E-state index contributed by atoms with van der Waals surface area (Å²) in [5.74, 6) is 0. The van der Waals surface area contributed by atoms with Gasteiger partial charge in [0.15, 0.2) is 0 Å². The summed E-state index contributed by atoms with van der Waals surface area (Å²) >= 11 is 0. The van der Waals surface area contributed by atoms with Crippen LogP contribution in [0.4, 0.5) is 24.5 Å². The fraction of sp³-hybridized carbons (Fsp3) is 0.571. The highest BCUT2D eigenvalue weighted by atomic mass is 19.4. The van der Waals surface area contributed by atoms with E-state index in [9.17, 15) is 13.2 Å². The van der Waals surface area contributed by atoms with E-state index in [-0.39, 0.29) is 11.7 Å². The van der Waals surface area contributed by atoms with Crippen molar-refractivity contribution in [3.63, 3.8) is 0 Å². The third kappa shape index (κ3) is 4.78. The zero-order valence-electron chi connectivity index (χ0n) is 12.4. The van der Waals surface area contributed by atoms with Crippen molar-refractivity contribution >= 4 is 11.4 Å². The second kappa shape index (κ2) is 7.51. The van der Waals surface area contributed by atoms with E-state index in [0.29, 0.717) is 25.4 Å². The Hall–Kier alpha value is -1.47. The predicted octanol–water partition coefficient (Wildman–Crippen LogP) is 2.78. The molecule has 2 N–H and O–H groups in total. The van der Waals surface area contributed by atoms with Crippen molar-refractivity contribution in [2.45, 2.75) is 19.1 Å². The van der Waals surface area contributed by atoms with Crippen LogP contribution in [0.15, 0.2) is 18.2 Å². The lowest BCUT2D eigenvalue weighted by Gasteiger charge is -2.32. The van der Waals surface area contributed by atoms with Crippen LogP contribution in [0.5, 0.6) is 0 Å². The minimum atomic E-state index is -4.40. The van der Waals surface area contributed by atoms with Gasteiger partial charge in [-0.25, -0.2) is 0 Å². The van der Waals surface area contributed by atoms with Gasteiger partial charge in [-0.2, -0.15) is 13.2 Å². The predicted molar refractivity (Wildman–Crippen MR) is 76.4 cm³/mol. The number of hydrogen-bond donors (Lipinski definition) is 1. The van der Waals surface area contributed by atoms with Gasteiger partial charge in [0.1, 0.15) is 0 Å². The number of nitrogens with zero attached hydrogens (tertiary/aromatic N) is 1. The normalized spacial score (nSPS) is 13.2. The molecule has 0 aliphatic heterocycles. The molecule has 1 aromatic rings. The van der Waals surface area contributed by atoms with Crippen LogP contribution in [0.1, 0.15) is 12.5 Å². The van der Waals surface area contributed by atoms with Crippen LogP contribution in [0, 0.1) is 0 Å². The summed E-state index contributed by atoms with van der Waals surface area (Å²) < 4.78 is 48.2. The highest BCUT2D eigenvalue weighted by Crippen LogP contribution is 2.34. The number of ether oxygens (including phenoxy) is 2. The molecular formula is C14H21F3N2O2. The first-order valence-electron chi connectivity index (χ1n) is 6.52. The summed E-state index contributed by atoms with van der Waals surface area (Å²) in [5.41, 5.74) is 5.68. The van der Waals surface area contributed by atoms with E-state index in [2.05, 4.69) is 0 Å². The number of methoxy groups -OCH3 is 2. The smallest absolute Gasteiger partial charge is 0.397 e. The Balaban J connectivity index is 3.07. The maximum Gasteiger partial charge on any atom is 0.416 e. The summed E-state index contributed by atoms with van der Waals surface area (Å²) in [7, 11) is 3.14. The standard InChI is InChI=1S/C14H21F3N2O2/c1-10(9-21-3)19(6-7-20-2)13-5-4-11(8-12(13)18)14(15,16)17/h4-5,8,10H,6-7,9,18H2,1-3H3. The second-order valence-corrected chi connectivity index (χ2v) is 4.76. The highest BCUT2D eigenvalue weighted by molar-refractivity contribution is 5.69. The average Bonchev–Trinajstić information content (AvgIpc) is 2.39. The molecule has 21 heavy (non-hydrogen) atoms. The van der Waals surface area contributed by atoms with Crippen LogP contribution in [0.2, 0.25) is 0 Å². The molecule has 0 spiro atoms. The van der Waals surface area contributed by atoms with Gasteiger partial charge in [0.2, 0.25) is 0 Å². The van der Waals surface area contributed by atoms with Crippen molar-refractivity contribution in [3.05, 3.63) is 23.8 Å². The molecule has 0 saturated heterocycles. The Labute approximate surface area is 122 Å². The molecule has 0 aromatic heterocycles. The maximum absolute atomic E-state index is 12.7. The SMILES string of the molecule is COCCN(c1ccc(C(F)(F)F)cc1N)C(C)COC. The Kier molecular flexibility index (Phi) is 6.29. The number of anilines is 2. The van der Waals surface area contributed by atoms with Gasteiger partial charge in [-0.3, -0.25) is 0 Å². The van der Waals surface area contributed by atoms with Crippen molar-refractivity contribution < 1.29 is 22.6 Å². The molecule has 0 fully saturated rings. The van der Waals surface area contributed by atoms with E-state index in [4.69, 9.17) is 15.2 Å². The topological polar surface area (TPSA) is 47.7 Å². The Morgan fingerprint density at radius 2 is 1.90 bits per heavy atom. The Bertz CT molecular complexity index is 452. The van der Waals surface area contributed by atoms with Gasteiger partial charge in [-0.05, 0) is 25.1 Å². The molecule has 0 aliphatic carbocycles. The van der Waals surface area contributed by atoms with Crippen molar-refractivity contribution in [1.82, 2.24) is 0 Å². The number of nitrogens with two attached hydrogens (primary N) is 1. The fourth-order valence-electron chi connectivity index (χ4n) is 2.09. The van der Waals surface area contributed by atoms with Crippen molar-refractivity contribution in [2.24, 2.45) is 0 Å². The summed E-state index contributed by atoms with van der Waals surface area (Å²) in [5, 5.41) is 0. The van der Waals surface area contributed by atoms with Crippen molar-refractivity contribution in [2.75, 3.05) is 44.6 Å². The molecule has 7 heteroatoms. The first-order valence-corrected chi connectivity index (χ1v) is 6.52. The maximum atomic E-state index is 12.7. The number of halogens is 3. The molecule has 0 heterocycles. The third-order valence-corrected chi connectivity index (χ3v) is 3.14. The van der Waals surface area contributed by atoms with Gasteiger partial charge in [-0.15, -0.1) is 0 Å². The molecule has 0 aliphatic rings.